The average molecular weight is 196 g/mol. The molecule has 0 spiro atoms. The first-order chi connectivity index (χ1) is 6.51. The molecule has 14 heavy (non-hydrogen) atoms. The van der Waals surface area contributed by atoms with Gasteiger partial charge in [0.25, 0.3) is 0 Å². The number of hydrogen-bond acceptors (Lipinski definition) is 1. The first kappa shape index (κ1) is 10.2. The summed E-state index contributed by atoms with van der Waals surface area (Å²) in [6.45, 7) is 1.56. The summed E-state index contributed by atoms with van der Waals surface area (Å²) >= 11 is 0. The summed E-state index contributed by atoms with van der Waals surface area (Å²) < 4.78 is 1.01. The number of hydrogen-bond donors (Lipinski definition) is 1. The molecule has 2 nitrogen and oxygen atoms in total. The van der Waals surface area contributed by atoms with Crippen LogP contribution in [0.2, 0.25) is 0 Å². The van der Waals surface area contributed by atoms with E-state index in [1.807, 2.05) is 0 Å². The highest BCUT2D eigenvalue weighted by atomic mass is 16.3. The van der Waals surface area contributed by atoms with Gasteiger partial charge in [-0.3, -0.25) is 0 Å². The highest BCUT2D eigenvalue weighted by Gasteiger charge is 2.45. The molecule has 0 aromatic rings. The summed E-state index contributed by atoms with van der Waals surface area (Å²) in [7, 11) is 6.72. The molecule has 4 atom stereocenters. The van der Waals surface area contributed by atoms with Gasteiger partial charge in [0, 0.05) is 12.5 Å². The van der Waals surface area contributed by atoms with Crippen molar-refractivity contribution < 1.29 is 9.59 Å². The van der Waals surface area contributed by atoms with Gasteiger partial charge in [0.2, 0.25) is 0 Å². The topological polar surface area (TPSA) is 20.2 Å². The fourth-order valence-electron chi connectivity index (χ4n) is 3.20. The molecule has 0 aliphatic heterocycles. The Morgan fingerprint density at radius 3 is 2.21 bits per heavy atom. The normalized spacial score (nSPS) is 40.9. The van der Waals surface area contributed by atoms with E-state index < -0.39 is 0 Å². The summed E-state index contributed by atoms with van der Waals surface area (Å²) in [6, 6.07) is 0. The Balaban J connectivity index is 2.08. The lowest BCUT2D eigenvalue weighted by Crippen LogP contribution is -2.43. The molecule has 2 aliphatic rings. The fourth-order valence-corrected chi connectivity index (χ4v) is 3.20. The van der Waals surface area contributed by atoms with Crippen LogP contribution in [0.25, 0.3) is 0 Å². The summed E-state index contributed by atoms with van der Waals surface area (Å²) in [4.78, 5) is 0. The summed E-state index contributed by atoms with van der Waals surface area (Å²) in [6.07, 6.45) is 5.98. The van der Waals surface area contributed by atoms with E-state index in [9.17, 15) is 5.11 Å². The van der Waals surface area contributed by atoms with E-state index in [-0.39, 0.29) is 0 Å². The van der Waals surface area contributed by atoms with Crippen LogP contribution in [0.15, 0.2) is 12.2 Å². The average Bonchev–Trinajstić information content (AvgIpc) is 2.60. The molecule has 1 N–H and O–H groups in total. The fraction of sp³-hybridized carbons (Fsp3) is 0.833. The van der Waals surface area contributed by atoms with E-state index in [1.165, 1.54) is 13.0 Å². The second-order valence-corrected chi connectivity index (χ2v) is 5.93. The minimum absolute atomic E-state index is 0.371. The molecule has 0 saturated heterocycles. The lowest BCUT2D eigenvalue weighted by molar-refractivity contribution is -0.874. The van der Waals surface area contributed by atoms with Crippen molar-refractivity contribution >= 4 is 0 Å². The maximum Gasteiger partial charge on any atom is 0.0818 e. The zero-order valence-electron chi connectivity index (χ0n) is 9.48. The number of allylic oxidation sites excluding steroid dienone is 2. The summed E-state index contributed by atoms with van der Waals surface area (Å²) in [5.74, 6) is 2.65. The van der Waals surface area contributed by atoms with E-state index in [2.05, 4.69) is 33.3 Å². The molecule has 0 heterocycles. The van der Waals surface area contributed by atoms with Gasteiger partial charge in [-0.05, 0) is 24.2 Å². The monoisotopic (exact) mass is 196 g/mol. The molecular weight excluding hydrogens is 174 g/mol. The number of aliphatic hydroxyl groups is 1. The molecular formula is C12H22NO+. The highest BCUT2D eigenvalue weighted by Crippen LogP contribution is 2.48. The van der Waals surface area contributed by atoms with Crippen LogP contribution in [0.5, 0.6) is 0 Å². The third-order valence-corrected chi connectivity index (χ3v) is 3.77. The lowest BCUT2D eigenvalue weighted by Gasteiger charge is -2.33. The predicted octanol–water partition coefficient (Wildman–Crippen LogP) is 1.12. The van der Waals surface area contributed by atoms with E-state index in [4.69, 9.17) is 0 Å². The van der Waals surface area contributed by atoms with Gasteiger partial charge < -0.3 is 9.59 Å². The van der Waals surface area contributed by atoms with Crippen molar-refractivity contribution in [3.8, 4) is 0 Å². The van der Waals surface area contributed by atoms with Gasteiger partial charge >= 0.3 is 0 Å². The van der Waals surface area contributed by atoms with Gasteiger partial charge in [0.05, 0.1) is 27.7 Å². The second kappa shape index (κ2) is 3.35. The molecule has 2 heteroatoms. The molecule has 0 unspecified atom stereocenters. The Bertz CT molecular complexity index is 241. The van der Waals surface area contributed by atoms with Crippen LogP contribution in [0.4, 0.5) is 0 Å². The minimum Gasteiger partial charge on any atom is -0.396 e. The Morgan fingerprint density at radius 1 is 1.14 bits per heavy atom. The van der Waals surface area contributed by atoms with Crippen molar-refractivity contribution in [1.82, 2.24) is 0 Å². The smallest absolute Gasteiger partial charge is 0.0818 e. The predicted molar refractivity (Wildman–Crippen MR) is 57.7 cm³/mol. The largest absolute Gasteiger partial charge is 0.396 e. The van der Waals surface area contributed by atoms with Gasteiger partial charge in [-0.15, -0.1) is 0 Å². The lowest BCUT2D eigenvalue weighted by atomic mass is 9.83. The van der Waals surface area contributed by atoms with Crippen molar-refractivity contribution in [2.75, 3.05) is 34.3 Å². The van der Waals surface area contributed by atoms with Crippen LogP contribution >= 0.6 is 0 Å². The number of quaternary nitrogens is 1. The second-order valence-electron chi connectivity index (χ2n) is 5.93. The van der Waals surface area contributed by atoms with Crippen molar-refractivity contribution in [1.29, 1.82) is 0 Å². The van der Waals surface area contributed by atoms with E-state index in [0.717, 1.165) is 10.4 Å². The molecule has 2 bridgehead atoms. The Morgan fingerprint density at radius 2 is 1.71 bits per heavy atom. The molecule has 1 saturated carbocycles. The molecule has 80 valence electrons. The summed E-state index contributed by atoms with van der Waals surface area (Å²) in [5, 5.41) is 9.41. The molecule has 0 radical (unpaired) electrons. The third kappa shape index (κ3) is 1.73. The zero-order chi connectivity index (χ0) is 10.3. The molecule has 2 aliphatic carbocycles. The van der Waals surface area contributed by atoms with Crippen LogP contribution in [0.1, 0.15) is 6.42 Å². The van der Waals surface area contributed by atoms with Gasteiger partial charge in [0.15, 0.2) is 0 Å². The minimum atomic E-state index is 0.371. The molecule has 2 rings (SSSR count). The zero-order valence-corrected chi connectivity index (χ0v) is 9.48. The van der Waals surface area contributed by atoms with Crippen LogP contribution in [0.3, 0.4) is 0 Å². The van der Waals surface area contributed by atoms with Crippen molar-refractivity contribution in [3.05, 3.63) is 12.2 Å². The molecule has 0 aromatic carbocycles. The van der Waals surface area contributed by atoms with Gasteiger partial charge in [-0.1, -0.05) is 12.2 Å². The van der Waals surface area contributed by atoms with Crippen LogP contribution in [-0.4, -0.2) is 43.9 Å². The number of nitrogens with zero attached hydrogens (tertiary/aromatic N) is 1. The Kier molecular flexibility index (Phi) is 2.44. The maximum atomic E-state index is 9.41. The molecule has 0 aromatic heterocycles. The van der Waals surface area contributed by atoms with E-state index in [1.54, 1.807) is 0 Å². The first-order valence-electron chi connectivity index (χ1n) is 5.61. The van der Waals surface area contributed by atoms with Crippen LogP contribution in [-0.2, 0) is 0 Å². The highest BCUT2D eigenvalue weighted by molar-refractivity contribution is 5.13. The first-order valence-corrected chi connectivity index (χ1v) is 5.61. The van der Waals surface area contributed by atoms with Crippen LogP contribution in [0, 0.1) is 23.7 Å². The Hall–Kier alpha value is -0.340. The summed E-state index contributed by atoms with van der Waals surface area (Å²) in [5.41, 5.74) is 0. The molecule has 1 fully saturated rings. The quantitative estimate of drug-likeness (QED) is 0.530. The van der Waals surface area contributed by atoms with Crippen molar-refractivity contribution in [2.45, 2.75) is 6.42 Å². The SMILES string of the molecule is C[N+](C)(C)C[C@@H]1[C@@H](CO)[C@H]2C=C[C@H]1C2. The van der Waals surface area contributed by atoms with Gasteiger partial charge in [-0.2, -0.15) is 0 Å². The number of aliphatic hydroxyl groups excluding tert-OH is 1. The third-order valence-electron chi connectivity index (χ3n) is 3.77. The van der Waals surface area contributed by atoms with Gasteiger partial charge in [0.1, 0.15) is 0 Å². The van der Waals surface area contributed by atoms with Crippen molar-refractivity contribution in [2.24, 2.45) is 23.7 Å². The number of fused-ring (bicyclic) bond motifs is 2. The van der Waals surface area contributed by atoms with Crippen molar-refractivity contribution in [3.63, 3.8) is 0 Å². The van der Waals surface area contributed by atoms with Gasteiger partial charge in [-0.25, -0.2) is 0 Å². The van der Waals surface area contributed by atoms with Crippen LogP contribution < -0.4 is 0 Å². The Labute approximate surface area is 86.8 Å². The standard InChI is InChI=1S/C12H22NO/c1-13(2,3)7-11-9-4-5-10(6-9)12(11)8-14/h4-5,9-12,14H,6-8H2,1-3H3/q+1/t9-,10-,11-,12-/m0/s1. The maximum absolute atomic E-state index is 9.41. The van der Waals surface area contributed by atoms with E-state index >= 15 is 0 Å². The number of rotatable bonds is 3. The van der Waals surface area contributed by atoms with E-state index in [0.29, 0.717) is 24.4 Å². The molecule has 0 amide bonds.